The van der Waals surface area contributed by atoms with Gasteiger partial charge in [-0.3, -0.25) is 10.1 Å². The molecule has 0 aromatic heterocycles. The van der Waals surface area contributed by atoms with Crippen molar-refractivity contribution in [1.29, 1.82) is 0 Å². The highest BCUT2D eigenvalue weighted by Gasteiger charge is 2.22. The second-order valence-electron chi connectivity index (χ2n) is 3.71. The molecule has 17 heavy (non-hydrogen) atoms. The molecule has 0 fully saturated rings. The molecule has 0 bridgehead atoms. The van der Waals surface area contributed by atoms with Crippen molar-refractivity contribution in [2.75, 3.05) is 5.75 Å². The van der Waals surface area contributed by atoms with Crippen LogP contribution in [0.1, 0.15) is 11.1 Å². The van der Waals surface area contributed by atoms with Gasteiger partial charge >= 0.3 is 5.97 Å². The van der Waals surface area contributed by atoms with Crippen LogP contribution in [0.4, 0.5) is 0 Å². The van der Waals surface area contributed by atoms with E-state index in [1.165, 1.54) is 0 Å². The number of benzene rings is 1. The zero-order chi connectivity index (χ0) is 12.8. The average molecular weight is 367 g/mol. The van der Waals surface area contributed by atoms with Crippen LogP contribution in [0.25, 0.3) is 0 Å². The van der Waals surface area contributed by atoms with E-state index in [1.54, 1.807) is 21.2 Å². The van der Waals surface area contributed by atoms with Crippen LogP contribution in [0, 0.1) is 6.92 Å². The maximum Gasteiger partial charge on any atom is 0.325 e. The number of carbonyl (C=O) groups is 1. The molecule has 1 rings (SSSR count). The highest BCUT2D eigenvalue weighted by molar-refractivity contribution is 14.2. The van der Waals surface area contributed by atoms with Crippen LogP contribution in [0.15, 0.2) is 24.3 Å². The van der Waals surface area contributed by atoms with Gasteiger partial charge in [0.2, 0.25) is 21.2 Å². The van der Waals surface area contributed by atoms with Crippen LogP contribution in [-0.4, -0.2) is 27.4 Å². The van der Waals surface area contributed by atoms with Gasteiger partial charge in [-0.15, -0.1) is 0 Å². The van der Waals surface area contributed by atoms with Gasteiger partial charge in [-0.25, -0.2) is 0 Å². The van der Waals surface area contributed by atoms with Gasteiger partial charge in [-0.1, -0.05) is 29.8 Å². The Morgan fingerprint density at radius 1 is 1.53 bits per heavy atom. The van der Waals surface area contributed by atoms with Gasteiger partial charge in [0.15, 0.2) is 6.04 Å². The Labute approximate surface area is 116 Å². The first kappa shape index (κ1) is 14.7. The predicted molar refractivity (Wildman–Crippen MR) is 76.5 cm³/mol. The van der Waals surface area contributed by atoms with Gasteiger partial charge in [0.1, 0.15) is 5.75 Å². The monoisotopic (exact) mass is 367 g/mol. The molecular weight excluding hydrogens is 353 g/mol. The van der Waals surface area contributed by atoms with Crippen molar-refractivity contribution in [2.45, 2.75) is 19.5 Å². The molecule has 0 aliphatic heterocycles. The summed E-state index contributed by atoms with van der Waals surface area (Å²) in [7, 11) is -1.15. The molecule has 2 N–H and O–H groups in total. The summed E-state index contributed by atoms with van der Waals surface area (Å²) in [5, 5.41) is 11.8. The molecule has 2 atom stereocenters. The Morgan fingerprint density at radius 2 is 2.12 bits per heavy atom. The Hall–Kier alpha value is -0.310. The van der Waals surface area contributed by atoms with E-state index in [9.17, 15) is 9.35 Å². The van der Waals surface area contributed by atoms with Gasteiger partial charge in [-0.2, -0.15) is 0 Å². The molecule has 0 aliphatic rings. The van der Waals surface area contributed by atoms with Gasteiger partial charge in [-0.05, 0) is 12.5 Å². The van der Waals surface area contributed by atoms with E-state index in [2.05, 4.69) is 5.32 Å². The number of hydrogen-bond donors (Lipinski definition) is 2. The van der Waals surface area contributed by atoms with Crippen LogP contribution in [-0.2, 0) is 19.7 Å². The maximum atomic E-state index is 11.0. The fraction of sp³-hybridized carbons (Fsp3) is 0.364. The summed E-state index contributed by atoms with van der Waals surface area (Å²) in [6.45, 7) is 2.46. The molecule has 0 saturated carbocycles. The lowest BCUT2D eigenvalue weighted by Gasteiger charge is -2.13. The molecule has 0 amide bonds. The third kappa shape index (κ3) is 5.71. The second-order valence-corrected chi connectivity index (χ2v) is 7.57. The maximum absolute atomic E-state index is 11.0. The summed E-state index contributed by atoms with van der Waals surface area (Å²) in [5.41, 5.74) is 2.18. The SMILES string of the molecule is Cc1ccc(CN[C@@H](C[S+]([O-])I)C(=O)O)cc1. The Kier molecular flexibility index (Phi) is 6.24. The summed E-state index contributed by atoms with van der Waals surface area (Å²) in [6.07, 6.45) is 0. The first-order chi connectivity index (χ1) is 7.99. The van der Waals surface area contributed by atoms with Crippen molar-refractivity contribution in [2.24, 2.45) is 0 Å². The molecule has 4 nitrogen and oxygen atoms in total. The summed E-state index contributed by atoms with van der Waals surface area (Å²) < 4.78 is 11.0. The zero-order valence-corrected chi connectivity index (χ0v) is 12.3. The molecule has 0 heterocycles. The molecule has 0 radical (unpaired) electrons. The topological polar surface area (TPSA) is 72.4 Å². The quantitative estimate of drug-likeness (QED) is 0.592. The van der Waals surface area contributed by atoms with E-state index in [-0.39, 0.29) is 5.75 Å². The van der Waals surface area contributed by atoms with E-state index < -0.39 is 20.4 Å². The second kappa shape index (κ2) is 7.20. The lowest BCUT2D eigenvalue weighted by molar-refractivity contribution is -0.138. The Morgan fingerprint density at radius 3 is 2.59 bits per heavy atom. The summed E-state index contributed by atoms with van der Waals surface area (Å²) in [4.78, 5) is 10.9. The standard InChI is InChI=1S/C11H14INO3S/c1-8-2-4-9(5-3-8)6-13-10(11(14)15)7-17(12)16/h2-5,10,13H,6-7H2,1H3,(H,14,15)/t10-,17?/m0/s1. The van der Waals surface area contributed by atoms with Crippen molar-refractivity contribution in [3.05, 3.63) is 35.4 Å². The molecule has 0 spiro atoms. The first-order valence-electron chi connectivity index (χ1n) is 5.05. The molecule has 1 aromatic carbocycles. The van der Waals surface area contributed by atoms with E-state index in [0.717, 1.165) is 11.1 Å². The number of rotatable bonds is 6. The van der Waals surface area contributed by atoms with Gasteiger partial charge in [0.05, 0.1) is 0 Å². The van der Waals surface area contributed by atoms with Crippen LogP contribution in [0.5, 0.6) is 0 Å². The highest BCUT2D eigenvalue weighted by atomic mass is 127. The van der Waals surface area contributed by atoms with Gasteiger partial charge < -0.3 is 9.66 Å². The number of aryl methyl sites for hydroxylation is 1. The molecule has 0 aliphatic carbocycles. The van der Waals surface area contributed by atoms with Crippen molar-refractivity contribution >= 4 is 35.5 Å². The summed E-state index contributed by atoms with van der Waals surface area (Å²) in [6, 6.07) is 7.07. The largest absolute Gasteiger partial charge is 0.608 e. The van der Waals surface area contributed by atoms with Gasteiger partial charge in [0, 0.05) is 14.9 Å². The fourth-order valence-corrected chi connectivity index (χ4v) is 2.90. The number of halogens is 1. The average Bonchev–Trinajstić information content (AvgIpc) is 2.25. The molecule has 1 unspecified atom stereocenters. The number of nitrogens with one attached hydrogen (secondary N) is 1. The molecule has 6 heteroatoms. The molecule has 1 aromatic rings. The first-order valence-corrected chi connectivity index (χ1v) is 8.91. The number of carboxylic acids is 1. The fourth-order valence-electron chi connectivity index (χ4n) is 1.30. The third-order valence-corrected chi connectivity index (χ3v) is 3.94. The van der Waals surface area contributed by atoms with E-state index in [0.29, 0.717) is 6.54 Å². The van der Waals surface area contributed by atoms with E-state index in [1.807, 2.05) is 31.2 Å². The molecule has 94 valence electrons. The van der Waals surface area contributed by atoms with E-state index in [4.69, 9.17) is 5.11 Å². The minimum atomic E-state index is -1.15. The zero-order valence-electron chi connectivity index (χ0n) is 9.35. The number of carboxylic acid groups (broad SMARTS) is 1. The number of hydrogen-bond acceptors (Lipinski definition) is 3. The van der Waals surface area contributed by atoms with Crippen LogP contribution >= 0.6 is 21.2 Å². The van der Waals surface area contributed by atoms with Crippen LogP contribution in [0.3, 0.4) is 0 Å². The third-order valence-electron chi connectivity index (χ3n) is 2.27. The minimum absolute atomic E-state index is 0.113. The van der Waals surface area contributed by atoms with Crippen molar-refractivity contribution in [1.82, 2.24) is 5.32 Å². The normalized spacial score (nSPS) is 14.3. The lowest BCUT2D eigenvalue weighted by Crippen LogP contribution is -2.40. The minimum Gasteiger partial charge on any atom is -0.608 e. The summed E-state index contributed by atoms with van der Waals surface area (Å²) >= 11 is 1.72. The Bertz CT molecular complexity index is 369. The molecular formula is C11H14INO3S. The van der Waals surface area contributed by atoms with Crippen molar-refractivity contribution in [3.8, 4) is 0 Å². The highest BCUT2D eigenvalue weighted by Crippen LogP contribution is 2.06. The van der Waals surface area contributed by atoms with Gasteiger partial charge in [0.25, 0.3) is 0 Å². The number of aliphatic carboxylic acids is 1. The predicted octanol–water partition coefficient (Wildman–Crippen LogP) is 1.64. The lowest BCUT2D eigenvalue weighted by atomic mass is 10.1. The van der Waals surface area contributed by atoms with E-state index >= 15 is 0 Å². The Balaban J connectivity index is 2.51. The summed E-state index contributed by atoms with van der Waals surface area (Å²) in [5.74, 6) is -0.857. The van der Waals surface area contributed by atoms with Crippen LogP contribution < -0.4 is 5.32 Å². The van der Waals surface area contributed by atoms with Crippen LogP contribution in [0.2, 0.25) is 0 Å². The molecule has 0 saturated heterocycles. The van der Waals surface area contributed by atoms with Crippen molar-refractivity contribution in [3.63, 3.8) is 0 Å². The van der Waals surface area contributed by atoms with Crippen molar-refractivity contribution < 1.29 is 14.5 Å². The smallest absolute Gasteiger partial charge is 0.325 e.